The maximum absolute atomic E-state index is 11.9. The molecule has 5 heteroatoms. The van der Waals surface area contributed by atoms with Gasteiger partial charge in [0, 0.05) is 6.42 Å². The van der Waals surface area contributed by atoms with Gasteiger partial charge in [-0.25, -0.2) is 9.59 Å². The van der Waals surface area contributed by atoms with Crippen LogP contribution in [0.4, 0.5) is 4.79 Å². The van der Waals surface area contributed by atoms with Gasteiger partial charge in [0.05, 0.1) is 7.11 Å². The van der Waals surface area contributed by atoms with Gasteiger partial charge >= 0.3 is 12.1 Å². The van der Waals surface area contributed by atoms with Crippen LogP contribution in [0.5, 0.6) is 0 Å². The van der Waals surface area contributed by atoms with Gasteiger partial charge in [-0.05, 0) is 38.3 Å². The highest BCUT2D eigenvalue weighted by Crippen LogP contribution is 2.11. The third-order valence-electron chi connectivity index (χ3n) is 3.02. The predicted octanol–water partition coefficient (Wildman–Crippen LogP) is 3.02. The zero-order chi connectivity index (χ0) is 17.5. The zero-order valence-electron chi connectivity index (χ0n) is 14.2. The maximum Gasteiger partial charge on any atom is 0.408 e. The fourth-order valence-corrected chi connectivity index (χ4v) is 2.00. The molecule has 0 saturated carbocycles. The first-order chi connectivity index (χ1) is 10.7. The van der Waals surface area contributed by atoms with Gasteiger partial charge in [-0.3, -0.25) is 0 Å². The molecule has 0 aliphatic rings. The van der Waals surface area contributed by atoms with Crippen LogP contribution in [0.15, 0.2) is 36.9 Å². The molecule has 1 N–H and O–H groups in total. The summed E-state index contributed by atoms with van der Waals surface area (Å²) in [4.78, 5) is 23.7. The molecule has 1 aromatic rings. The van der Waals surface area contributed by atoms with Crippen LogP contribution in [-0.2, 0) is 27.1 Å². The van der Waals surface area contributed by atoms with E-state index in [0.717, 1.165) is 17.5 Å². The third kappa shape index (κ3) is 7.00. The van der Waals surface area contributed by atoms with Crippen molar-refractivity contribution in [2.45, 2.75) is 45.3 Å². The van der Waals surface area contributed by atoms with Crippen molar-refractivity contribution in [3.8, 4) is 0 Å². The van der Waals surface area contributed by atoms with Crippen molar-refractivity contribution in [1.82, 2.24) is 5.32 Å². The lowest BCUT2D eigenvalue weighted by molar-refractivity contribution is -0.143. The first kappa shape index (κ1) is 18.7. The van der Waals surface area contributed by atoms with Crippen LogP contribution in [0, 0.1) is 0 Å². The van der Waals surface area contributed by atoms with Gasteiger partial charge in [-0.1, -0.05) is 30.3 Å². The number of carbonyl (C=O) groups is 2. The summed E-state index contributed by atoms with van der Waals surface area (Å²) in [5.74, 6) is -0.508. The molecule has 0 heterocycles. The van der Waals surface area contributed by atoms with Crippen LogP contribution in [-0.4, -0.2) is 30.8 Å². The Balaban J connectivity index is 2.76. The van der Waals surface area contributed by atoms with Gasteiger partial charge in [0.2, 0.25) is 0 Å². The maximum atomic E-state index is 11.9. The van der Waals surface area contributed by atoms with Crippen molar-refractivity contribution < 1.29 is 19.1 Å². The molecule has 23 heavy (non-hydrogen) atoms. The minimum absolute atomic E-state index is 0.334. The molecule has 0 radical (unpaired) electrons. The number of hydrogen-bond donors (Lipinski definition) is 1. The number of rotatable bonds is 6. The SMILES string of the molecule is C=CCc1ccc(CC(NC(=O)OC(C)(C)C)C(=O)OC)cc1. The van der Waals surface area contributed by atoms with E-state index in [0.29, 0.717) is 6.42 Å². The second kappa shape index (κ2) is 8.36. The lowest BCUT2D eigenvalue weighted by Crippen LogP contribution is -2.45. The van der Waals surface area contributed by atoms with E-state index in [-0.39, 0.29) is 0 Å². The minimum Gasteiger partial charge on any atom is -0.467 e. The van der Waals surface area contributed by atoms with Gasteiger partial charge < -0.3 is 14.8 Å². The molecule has 0 aliphatic carbocycles. The van der Waals surface area contributed by atoms with Gasteiger partial charge in [0.15, 0.2) is 0 Å². The molecule has 0 spiro atoms. The number of hydrogen-bond acceptors (Lipinski definition) is 4. The largest absolute Gasteiger partial charge is 0.467 e. The summed E-state index contributed by atoms with van der Waals surface area (Å²) in [5, 5.41) is 2.56. The van der Waals surface area contributed by atoms with Crippen LogP contribution in [0.2, 0.25) is 0 Å². The van der Waals surface area contributed by atoms with Crippen molar-refractivity contribution >= 4 is 12.1 Å². The van der Waals surface area contributed by atoms with E-state index in [1.54, 1.807) is 20.8 Å². The molecule has 126 valence electrons. The van der Waals surface area contributed by atoms with E-state index in [4.69, 9.17) is 9.47 Å². The Kier molecular flexibility index (Phi) is 6.82. The summed E-state index contributed by atoms with van der Waals surface area (Å²) in [7, 11) is 1.29. The first-order valence-corrected chi connectivity index (χ1v) is 7.51. The quantitative estimate of drug-likeness (QED) is 0.646. The van der Waals surface area contributed by atoms with E-state index in [9.17, 15) is 9.59 Å². The van der Waals surface area contributed by atoms with Crippen LogP contribution in [0.3, 0.4) is 0 Å². The highest BCUT2D eigenvalue weighted by molar-refractivity contribution is 5.81. The summed E-state index contributed by atoms with van der Waals surface area (Å²) in [5.41, 5.74) is 1.43. The van der Waals surface area contributed by atoms with E-state index in [1.165, 1.54) is 7.11 Å². The van der Waals surface area contributed by atoms with Crippen molar-refractivity contribution in [2.24, 2.45) is 0 Å². The van der Waals surface area contributed by atoms with Crippen molar-refractivity contribution in [3.63, 3.8) is 0 Å². The second-order valence-corrected chi connectivity index (χ2v) is 6.24. The molecule has 0 bridgehead atoms. The average Bonchev–Trinajstić information content (AvgIpc) is 2.46. The third-order valence-corrected chi connectivity index (χ3v) is 3.02. The van der Waals surface area contributed by atoms with Crippen molar-refractivity contribution in [2.75, 3.05) is 7.11 Å². The Bertz CT molecular complexity index is 543. The summed E-state index contributed by atoms with van der Waals surface area (Å²) >= 11 is 0. The highest BCUT2D eigenvalue weighted by Gasteiger charge is 2.25. The van der Waals surface area contributed by atoms with E-state index in [2.05, 4.69) is 11.9 Å². The lowest BCUT2D eigenvalue weighted by Gasteiger charge is -2.22. The molecular weight excluding hydrogens is 294 g/mol. The summed E-state index contributed by atoms with van der Waals surface area (Å²) < 4.78 is 9.94. The molecule has 1 aromatic carbocycles. The molecule has 0 fully saturated rings. The van der Waals surface area contributed by atoms with Gasteiger partial charge in [0.25, 0.3) is 0 Å². The van der Waals surface area contributed by atoms with Crippen LogP contribution in [0.25, 0.3) is 0 Å². The molecule has 0 saturated heterocycles. The number of benzene rings is 1. The molecule has 1 unspecified atom stereocenters. The number of alkyl carbamates (subject to hydrolysis) is 1. The van der Waals surface area contributed by atoms with Crippen LogP contribution in [0.1, 0.15) is 31.9 Å². The standard InChI is InChI=1S/C18H25NO4/c1-6-7-13-8-10-14(11-9-13)12-15(16(20)22-5)19-17(21)23-18(2,3)4/h6,8-11,15H,1,7,12H2,2-5H3,(H,19,21). The number of methoxy groups -OCH3 is 1. The number of nitrogens with one attached hydrogen (secondary N) is 1. The Hall–Kier alpha value is -2.30. The number of amides is 1. The zero-order valence-corrected chi connectivity index (χ0v) is 14.2. The minimum atomic E-state index is -0.792. The fourth-order valence-electron chi connectivity index (χ4n) is 2.00. The molecule has 1 rings (SSSR count). The second-order valence-electron chi connectivity index (χ2n) is 6.24. The summed E-state index contributed by atoms with van der Waals surface area (Å²) in [6, 6.07) is 6.99. The van der Waals surface area contributed by atoms with Gasteiger partial charge in [-0.2, -0.15) is 0 Å². The van der Waals surface area contributed by atoms with E-state index in [1.807, 2.05) is 30.3 Å². The monoisotopic (exact) mass is 319 g/mol. The van der Waals surface area contributed by atoms with Gasteiger partial charge in [-0.15, -0.1) is 6.58 Å². The molecular formula is C18H25NO4. The highest BCUT2D eigenvalue weighted by atomic mass is 16.6. The predicted molar refractivity (Wildman–Crippen MR) is 89.2 cm³/mol. The molecule has 1 amide bonds. The summed E-state index contributed by atoms with van der Waals surface area (Å²) in [6.45, 7) is 8.99. The number of esters is 1. The molecule has 1 atom stereocenters. The van der Waals surface area contributed by atoms with Crippen LogP contribution >= 0.6 is 0 Å². The normalized spacial score (nSPS) is 12.2. The number of allylic oxidation sites excluding steroid dienone is 1. The molecule has 0 aliphatic heterocycles. The van der Waals surface area contributed by atoms with E-state index < -0.39 is 23.7 Å². The van der Waals surface area contributed by atoms with E-state index >= 15 is 0 Å². The Morgan fingerprint density at radius 1 is 1.22 bits per heavy atom. The Labute approximate surface area is 137 Å². The van der Waals surface area contributed by atoms with Crippen LogP contribution < -0.4 is 5.32 Å². The molecule has 0 aromatic heterocycles. The topological polar surface area (TPSA) is 64.6 Å². The molecule has 5 nitrogen and oxygen atoms in total. The van der Waals surface area contributed by atoms with Crippen molar-refractivity contribution in [1.29, 1.82) is 0 Å². The smallest absolute Gasteiger partial charge is 0.408 e. The fraction of sp³-hybridized carbons (Fsp3) is 0.444. The average molecular weight is 319 g/mol. The first-order valence-electron chi connectivity index (χ1n) is 7.51. The van der Waals surface area contributed by atoms with Gasteiger partial charge in [0.1, 0.15) is 11.6 Å². The lowest BCUT2D eigenvalue weighted by atomic mass is 10.0. The Morgan fingerprint density at radius 3 is 2.26 bits per heavy atom. The number of carbonyl (C=O) groups excluding carboxylic acids is 2. The number of ether oxygens (including phenoxy) is 2. The van der Waals surface area contributed by atoms with Crippen molar-refractivity contribution in [3.05, 3.63) is 48.0 Å². The Morgan fingerprint density at radius 2 is 1.78 bits per heavy atom. The summed E-state index contributed by atoms with van der Waals surface area (Å²) in [6.07, 6.45) is 2.31.